The first-order chi connectivity index (χ1) is 9.11. The fourth-order valence-electron chi connectivity index (χ4n) is 1.81. The fraction of sp³-hybridized carbons (Fsp3) is 0.417. The summed E-state index contributed by atoms with van der Waals surface area (Å²) in [5.74, 6) is 0.389. The number of rotatable bonds is 4. The normalized spacial score (nSPS) is 22.2. The number of carbonyl (C=O) groups excluding carboxylic acids is 1. The Bertz CT molecular complexity index is 477. The molecule has 7 heteroatoms. The topological polar surface area (TPSA) is 81.5 Å². The van der Waals surface area contributed by atoms with Crippen molar-refractivity contribution in [1.82, 2.24) is 5.32 Å². The number of benzene rings is 1. The van der Waals surface area contributed by atoms with Gasteiger partial charge in [-0.2, -0.15) is 0 Å². The van der Waals surface area contributed by atoms with E-state index in [4.69, 9.17) is 4.74 Å². The van der Waals surface area contributed by atoms with Crippen LogP contribution in [0.2, 0.25) is 0 Å². The van der Waals surface area contributed by atoms with E-state index in [0.29, 0.717) is 12.4 Å². The van der Waals surface area contributed by atoms with Crippen molar-refractivity contribution in [3.8, 4) is 0 Å². The summed E-state index contributed by atoms with van der Waals surface area (Å²) >= 11 is 1.59. The summed E-state index contributed by atoms with van der Waals surface area (Å²) < 4.78 is 4.96. The molecule has 0 radical (unpaired) electrons. The Hall–Kier alpha value is -1.60. The number of nitro groups is 1. The molecule has 2 rings (SSSR count). The number of carbonyl (C=O) groups is 1. The summed E-state index contributed by atoms with van der Waals surface area (Å²) in [6.07, 6.45) is 0. The first-order valence-corrected chi connectivity index (χ1v) is 6.95. The van der Waals surface area contributed by atoms with Crippen molar-refractivity contribution in [3.63, 3.8) is 0 Å². The van der Waals surface area contributed by atoms with Crippen molar-refractivity contribution in [2.24, 2.45) is 0 Å². The van der Waals surface area contributed by atoms with E-state index in [1.165, 1.54) is 12.1 Å². The van der Waals surface area contributed by atoms with Crippen LogP contribution < -0.4 is 5.32 Å². The van der Waals surface area contributed by atoms with Crippen molar-refractivity contribution in [1.29, 1.82) is 0 Å². The molecule has 2 unspecified atom stereocenters. The molecule has 1 aromatic carbocycles. The molecule has 1 aliphatic rings. The summed E-state index contributed by atoms with van der Waals surface area (Å²) in [5, 5.41) is 13.7. The third-order valence-electron chi connectivity index (χ3n) is 2.76. The Morgan fingerprint density at radius 2 is 2.21 bits per heavy atom. The van der Waals surface area contributed by atoms with E-state index in [0.717, 1.165) is 5.56 Å². The van der Waals surface area contributed by atoms with Crippen molar-refractivity contribution < 1.29 is 14.5 Å². The molecule has 1 heterocycles. The van der Waals surface area contributed by atoms with Crippen LogP contribution in [-0.4, -0.2) is 29.3 Å². The fourth-order valence-corrected chi connectivity index (χ4v) is 3.04. The average Bonchev–Trinajstić information content (AvgIpc) is 2.89. The summed E-state index contributed by atoms with van der Waals surface area (Å²) in [6.45, 7) is 2.14. The molecule has 1 fully saturated rings. The van der Waals surface area contributed by atoms with Gasteiger partial charge in [0.2, 0.25) is 0 Å². The molecule has 6 nitrogen and oxygen atoms in total. The smallest absolute Gasteiger partial charge is 0.324 e. The van der Waals surface area contributed by atoms with E-state index in [2.05, 4.69) is 5.32 Å². The molecule has 0 amide bonds. The van der Waals surface area contributed by atoms with Gasteiger partial charge in [0.25, 0.3) is 5.69 Å². The molecule has 0 bridgehead atoms. The number of thioether (sulfide) groups is 1. The number of nitro benzene ring substituents is 1. The number of esters is 1. The first kappa shape index (κ1) is 13.8. The molecule has 0 spiro atoms. The summed E-state index contributed by atoms with van der Waals surface area (Å²) in [6, 6.07) is 6.03. The van der Waals surface area contributed by atoms with Crippen LogP contribution >= 0.6 is 11.8 Å². The van der Waals surface area contributed by atoms with Gasteiger partial charge in [-0.25, -0.2) is 0 Å². The number of non-ortho nitro benzene ring substituents is 1. The minimum atomic E-state index is -0.430. The van der Waals surface area contributed by atoms with E-state index in [9.17, 15) is 14.9 Å². The molecular formula is C12H14N2O4S. The lowest BCUT2D eigenvalue weighted by Crippen LogP contribution is -2.35. The van der Waals surface area contributed by atoms with Crippen LogP contribution in [0.25, 0.3) is 0 Å². The Morgan fingerprint density at radius 1 is 1.53 bits per heavy atom. The Kier molecular flexibility index (Phi) is 4.39. The largest absolute Gasteiger partial charge is 0.465 e. The molecular weight excluding hydrogens is 268 g/mol. The summed E-state index contributed by atoms with van der Waals surface area (Å²) in [7, 11) is 0. The average molecular weight is 282 g/mol. The third kappa shape index (κ3) is 3.24. The highest BCUT2D eigenvalue weighted by Crippen LogP contribution is 2.33. The molecule has 0 aromatic heterocycles. The second-order valence-corrected chi connectivity index (χ2v) is 5.17. The van der Waals surface area contributed by atoms with Gasteiger partial charge in [0, 0.05) is 17.9 Å². The number of nitrogens with zero attached hydrogens (tertiary/aromatic N) is 1. The second kappa shape index (κ2) is 6.03. The zero-order valence-electron chi connectivity index (χ0n) is 10.4. The van der Waals surface area contributed by atoms with Crippen molar-refractivity contribution in [3.05, 3.63) is 39.9 Å². The third-order valence-corrected chi connectivity index (χ3v) is 4.03. The predicted molar refractivity (Wildman–Crippen MR) is 71.9 cm³/mol. The quantitative estimate of drug-likeness (QED) is 0.515. The predicted octanol–water partition coefficient (Wildman–Crippen LogP) is 1.86. The van der Waals surface area contributed by atoms with E-state index in [1.54, 1.807) is 30.8 Å². The van der Waals surface area contributed by atoms with Gasteiger partial charge in [0.05, 0.1) is 16.9 Å². The van der Waals surface area contributed by atoms with Crippen LogP contribution in [-0.2, 0) is 9.53 Å². The van der Waals surface area contributed by atoms with Gasteiger partial charge in [-0.05, 0) is 24.6 Å². The lowest BCUT2D eigenvalue weighted by atomic mass is 10.2. The zero-order valence-corrected chi connectivity index (χ0v) is 11.2. The molecule has 2 atom stereocenters. The van der Waals surface area contributed by atoms with E-state index < -0.39 is 4.92 Å². The highest BCUT2D eigenvalue weighted by atomic mass is 32.2. The highest BCUT2D eigenvalue weighted by molar-refractivity contribution is 7.99. The number of hydrogen-bond donors (Lipinski definition) is 1. The van der Waals surface area contributed by atoms with E-state index in [1.807, 2.05) is 0 Å². The maximum absolute atomic E-state index is 11.6. The number of ether oxygens (including phenoxy) is 1. The van der Waals surface area contributed by atoms with Crippen molar-refractivity contribution >= 4 is 23.4 Å². The van der Waals surface area contributed by atoms with Crippen molar-refractivity contribution in [2.75, 3.05) is 12.4 Å². The maximum Gasteiger partial charge on any atom is 0.324 e. The summed E-state index contributed by atoms with van der Waals surface area (Å²) in [4.78, 5) is 21.7. The van der Waals surface area contributed by atoms with Crippen LogP contribution in [0.3, 0.4) is 0 Å². The monoisotopic (exact) mass is 282 g/mol. The SMILES string of the molecule is CCOC(=O)C1CSC(c2ccc([N+](=O)[O-])cc2)N1. The zero-order chi connectivity index (χ0) is 13.8. The second-order valence-electron chi connectivity index (χ2n) is 4.03. The standard InChI is InChI=1S/C12H14N2O4S/c1-2-18-12(15)10-7-19-11(13-10)8-3-5-9(6-4-8)14(16)17/h3-6,10-11,13H,2,7H2,1H3. The van der Waals surface area contributed by atoms with Gasteiger partial charge in [0.1, 0.15) is 6.04 Å². The van der Waals surface area contributed by atoms with Crippen LogP contribution in [0.15, 0.2) is 24.3 Å². The number of hydrogen-bond acceptors (Lipinski definition) is 6. The lowest BCUT2D eigenvalue weighted by molar-refractivity contribution is -0.384. The van der Waals surface area contributed by atoms with E-state index in [-0.39, 0.29) is 23.1 Å². The van der Waals surface area contributed by atoms with Gasteiger partial charge < -0.3 is 4.74 Å². The maximum atomic E-state index is 11.6. The Balaban J connectivity index is 2.00. The highest BCUT2D eigenvalue weighted by Gasteiger charge is 2.31. The van der Waals surface area contributed by atoms with Gasteiger partial charge >= 0.3 is 5.97 Å². The van der Waals surface area contributed by atoms with Gasteiger partial charge in [-0.1, -0.05) is 0 Å². The Morgan fingerprint density at radius 3 is 2.79 bits per heavy atom. The molecule has 0 aliphatic carbocycles. The number of nitrogens with one attached hydrogen (secondary N) is 1. The minimum Gasteiger partial charge on any atom is -0.465 e. The molecule has 0 saturated carbocycles. The van der Waals surface area contributed by atoms with Gasteiger partial charge in [0.15, 0.2) is 0 Å². The van der Waals surface area contributed by atoms with Crippen LogP contribution in [0.1, 0.15) is 17.9 Å². The van der Waals surface area contributed by atoms with E-state index >= 15 is 0 Å². The molecule has 19 heavy (non-hydrogen) atoms. The first-order valence-electron chi connectivity index (χ1n) is 5.90. The molecule has 1 aromatic rings. The van der Waals surface area contributed by atoms with Gasteiger partial charge in [-0.3, -0.25) is 20.2 Å². The lowest BCUT2D eigenvalue weighted by Gasteiger charge is -2.12. The van der Waals surface area contributed by atoms with Gasteiger partial charge in [-0.15, -0.1) is 11.8 Å². The molecule has 102 valence electrons. The minimum absolute atomic E-state index is 0.0322. The van der Waals surface area contributed by atoms with Crippen molar-refractivity contribution in [2.45, 2.75) is 18.3 Å². The molecule has 1 saturated heterocycles. The van der Waals surface area contributed by atoms with Crippen LogP contribution in [0, 0.1) is 10.1 Å². The van der Waals surface area contributed by atoms with Crippen LogP contribution in [0.4, 0.5) is 5.69 Å². The molecule has 1 aliphatic heterocycles. The summed E-state index contributed by atoms with van der Waals surface area (Å²) in [5.41, 5.74) is 0.982. The molecule has 1 N–H and O–H groups in total. The van der Waals surface area contributed by atoms with Crippen LogP contribution in [0.5, 0.6) is 0 Å². The Labute approximate surface area is 114 Å².